The Bertz CT molecular complexity index is 906. The molecule has 0 bridgehead atoms. The minimum Gasteiger partial charge on any atom is -0.348 e. The van der Waals surface area contributed by atoms with Crippen molar-refractivity contribution in [3.8, 4) is 0 Å². The standard InChI is InChI=1S/C23H27N3O3/c1-15(2)26-14-18(12-21(26)27)22(28)25-20-7-5-4-6-19(20)23(29)24-13-17-10-8-16(3)9-11-17/h4-11,15,18H,12-14H2,1-3H3,(H,24,29)(H,25,28)/t18-/m1/s1. The van der Waals surface area contributed by atoms with Gasteiger partial charge in [-0.25, -0.2) is 0 Å². The minimum absolute atomic E-state index is 0.00993. The van der Waals surface area contributed by atoms with Crippen molar-refractivity contribution in [3.63, 3.8) is 0 Å². The van der Waals surface area contributed by atoms with Crippen LogP contribution in [0.25, 0.3) is 0 Å². The normalized spacial score (nSPS) is 16.2. The average Bonchev–Trinajstić information content (AvgIpc) is 3.10. The Hall–Kier alpha value is -3.15. The van der Waals surface area contributed by atoms with Crippen molar-refractivity contribution in [2.75, 3.05) is 11.9 Å². The summed E-state index contributed by atoms with van der Waals surface area (Å²) in [6, 6.07) is 14.9. The van der Waals surface area contributed by atoms with Crippen LogP contribution in [0.15, 0.2) is 48.5 Å². The van der Waals surface area contributed by atoms with Gasteiger partial charge in [-0.15, -0.1) is 0 Å². The lowest BCUT2D eigenvalue weighted by atomic mass is 10.1. The van der Waals surface area contributed by atoms with E-state index in [1.165, 1.54) is 0 Å². The first kappa shape index (κ1) is 20.6. The molecule has 1 fully saturated rings. The molecule has 0 aromatic heterocycles. The number of hydrogen-bond donors (Lipinski definition) is 2. The first-order valence-electron chi connectivity index (χ1n) is 9.88. The lowest BCUT2D eigenvalue weighted by Gasteiger charge is -2.20. The fourth-order valence-corrected chi connectivity index (χ4v) is 3.41. The Morgan fingerprint density at radius 1 is 1.10 bits per heavy atom. The van der Waals surface area contributed by atoms with Gasteiger partial charge < -0.3 is 15.5 Å². The van der Waals surface area contributed by atoms with E-state index in [4.69, 9.17) is 0 Å². The first-order valence-corrected chi connectivity index (χ1v) is 9.88. The number of benzene rings is 2. The molecule has 0 unspecified atom stereocenters. The van der Waals surface area contributed by atoms with E-state index in [1.807, 2.05) is 45.0 Å². The molecule has 6 nitrogen and oxygen atoms in total. The van der Waals surface area contributed by atoms with Gasteiger partial charge in [0.1, 0.15) is 0 Å². The Morgan fingerprint density at radius 3 is 2.45 bits per heavy atom. The zero-order chi connectivity index (χ0) is 21.0. The molecule has 29 heavy (non-hydrogen) atoms. The maximum atomic E-state index is 12.7. The van der Waals surface area contributed by atoms with Gasteiger partial charge in [0.05, 0.1) is 17.2 Å². The molecule has 1 aliphatic heterocycles. The van der Waals surface area contributed by atoms with Crippen molar-refractivity contribution in [3.05, 3.63) is 65.2 Å². The number of carbonyl (C=O) groups excluding carboxylic acids is 3. The largest absolute Gasteiger partial charge is 0.348 e. The molecule has 3 rings (SSSR count). The molecule has 2 N–H and O–H groups in total. The van der Waals surface area contributed by atoms with E-state index in [2.05, 4.69) is 10.6 Å². The van der Waals surface area contributed by atoms with E-state index in [0.717, 1.165) is 11.1 Å². The molecule has 0 aliphatic carbocycles. The SMILES string of the molecule is Cc1ccc(CNC(=O)c2ccccc2NC(=O)[C@@H]2CC(=O)N(C(C)C)C2)cc1. The number of carbonyl (C=O) groups is 3. The number of likely N-dealkylation sites (tertiary alicyclic amines) is 1. The van der Waals surface area contributed by atoms with Gasteiger partial charge in [0, 0.05) is 25.6 Å². The quantitative estimate of drug-likeness (QED) is 0.791. The second kappa shape index (κ2) is 8.90. The van der Waals surface area contributed by atoms with E-state index in [1.54, 1.807) is 29.2 Å². The van der Waals surface area contributed by atoms with Gasteiger partial charge in [0.15, 0.2) is 0 Å². The molecule has 1 heterocycles. The second-order valence-electron chi connectivity index (χ2n) is 7.74. The predicted molar refractivity (Wildman–Crippen MR) is 112 cm³/mol. The van der Waals surface area contributed by atoms with Crippen molar-refractivity contribution in [1.82, 2.24) is 10.2 Å². The second-order valence-corrected chi connectivity index (χ2v) is 7.74. The van der Waals surface area contributed by atoms with Crippen molar-refractivity contribution in [2.24, 2.45) is 5.92 Å². The van der Waals surface area contributed by atoms with Crippen molar-refractivity contribution >= 4 is 23.4 Å². The number of rotatable bonds is 6. The Kier molecular flexibility index (Phi) is 6.32. The molecule has 0 spiro atoms. The highest BCUT2D eigenvalue weighted by Gasteiger charge is 2.35. The first-order chi connectivity index (χ1) is 13.8. The zero-order valence-corrected chi connectivity index (χ0v) is 17.1. The van der Waals surface area contributed by atoms with E-state index in [0.29, 0.717) is 24.3 Å². The summed E-state index contributed by atoms with van der Waals surface area (Å²) in [6.45, 7) is 6.70. The molecule has 3 amide bonds. The molecule has 0 radical (unpaired) electrons. The van der Waals surface area contributed by atoms with E-state index in [9.17, 15) is 14.4 Å². The molecule has 6 heteroatoms. The molecule has 2 aromatic carbocycles. The van der Waals surface area contributed by atoms with E-state index in [-0.39, 0.29) is 30.2 Å². The highest BCUT2D eigenvalue weighted by molar-refractivity contribution is 6.05. The van der Waals surface area contributed by atoms with Gasteiger partial charge >= 0.3 is 0 Å². The smallest absolute Gasteiger partial charge is 0.253 e. The fraction of sp³-hybridized carbons (Fsp3) is 0.348. The monoisotopic (exact) mass is 393 g/mol. The number of aryl methyl sites for hydroxylation is 1. The van der Waals surface area contributed by atoms with Crippen LogP contribution in [0, 0.1) is 12.8 Å². The minimum atomic E-state index is -0.409. The number of nitrogens with one attached hydrogen (secondary N) is 2. The van der Waals surface area contributed by atoms with Gasteiger partial charge in [-0.2, -0.15) is 0 Å². The lowest BCUT2D eigenvalue weighted by molar-refractivity contribution is -0.129. The lowest BCUT2D eigenvalue weighted by Crippen LogP contribution is -2.33. The molecule has 2 aromatic rings. The van der Waals surface area contributed by atoms with E-state index < -0.39 is 5.92 Å². The van der Waals surface area contributed by atoms with Crippen LogP contribution in [0.4, 0.5) is 5.69 Å². The van der Waals surface area contributed by atoms with Gasteiger partial charge in [-0.3, -0.25) is 14.4 Å². The zero-order valence-electron chi connectivity index (χ0n) is 17.1. The molecule has 152 valence electrons. The third-order valence-electron chi connectivity index (χ3n) is 5.16. The maximum Gasteiger partial charge on any atom is 0.253 e. The van der Waals surface area contributed by atoms with Gasteiger partial charge in [-0.05, 0) is 38.5 Å². The molecule has 0 saturated carbocycles. The Morgan fingerprint density at radius 2 is 1.79 bits per heavy atom. The summed E-state index contributed by atoms with van der Waals surface area (Å²) in [7, 11) is 0. The van der Waals surface area contributed by atoms with Crippen molar-refractivity contribution in [2.45, 2.75) is 39.8 Å². The third-order valence-corrected chi connectivity index (χ3v) is 5.16. The molecular weight excluding hydrogens is 366 g/mol. The van der Waals surface area contributed by atoms with Crippen LogP contribution in [0.5, 0.6) is 0 Å². The van der Waals surface area contributed by atoms with Crippen molar-refractivity contribution < 1.29 is 14.4 Å². The predicted octanol–water partition coefficient (Wildman–Crippen LogP) is 3.12. The summed E-state index contributed by atoms with van der Waals surface area (Å²) in [5.74, 6) is -0.911. The number of amides is 3. The van der Waals surface area contributed by atoms with Crippen LogP contribution in [-0.4, -0.2) is 35.2 Å². The topological polar surface area (TPSA) is 78.5 Å². The molecular formula is C23H27N3O3. The average molecular weight is 393 g/mol. The van der Waals surface area contributed by atoms with Crippen molar-refractivity contribution in [1.29, 1.82) is 0 Å². The summed E-state index contributed by atoms with van der Waals surface area (Å²) >= 11 is 0. The van der Waals surface area contributed by atoms with Crippen LogP contribution in [-0.2, 0) is 16.1 Å². The Labute approximate surface area is 171 Å². The summed E-state index contributed by atoms with van der Waals surface area (Å²) < 4.78 is 0. The number of hydrogen-bond acceptors (Lipinski definition) is 3. The molecule has 1 aliphatic rings. The Balaban J connectivity index is 1.65. The van der Waals surface area contributed by atoms with Crippen LogP contribution < -0.4 is 10.6 Å². The summed E-state index contributed by atoms with van der Waals surface area (Å²) in [5.41, 5.74) is 3.02. The number of nitrogens with zero attached hydrogens (tertiary/aromatic N) is 1. The number of anilines is 1. The van der Waals surface area contributed by atoms with Gasteiger partial charge in [-0.1, -0.05) is 42.0 Å². The molecule has 1 saturated heterocycles. The van der Waals surface area contributed by atoms with E-state index >= 15 is 0 Å². The highest BCUT2D eigenvalue weighted by Crippen LogP contribution is 2.23. The third kappa shape index (κ3) is 5.02. The maximum absolute atomic E-state index is 12.7. The van der Waals surface area contributed by atoms with Crippen LogP contribution in [0.2, 0.25) is 0 Å². The van der Waals surface area contributed by atoms with Crippen LogP contribution in [0.1, 0.15) is 41.8 Å². The fourth-order valence-electron chi connectivity index (χ4n) is 3.41. The number of para-hydroxylation sites is 1. The summed E-state index contributed by atoms with van der Waals surface area (Å²) in [4.78, 5) is 39.2. The van der Waals surface area contributed by atoms with Crippen LogP contribution >= 0.6 is 0 Å². The van der Waals surface area contributed by atoms with Gasteiger partial charge in [0.25, 0.3) is 5.91 Å². The van der Waals surface area contributed by atoms with Crippen LogP contribution in [0.3, 0.4) is 0 Å². The summed E-state index contributed by atoms with van der Waals surface area (Å²) in [5, 5.41) is 5.73. The molecule has 1 atom stereocenters. The highest BCUT2D eigenvalue weighted by atomic mass is 16.2. The van der Waals surface area contributed by atoms with Gasteiger partial charge in [0.2, 0.25) is 11.8 Å². The summed E-state index contributed by atoms with van der Waals surface area (Å²) in [6.07, 6.45) is 0.200.